The third-order valence-corrected chi connectivity index (χ3v) is 3.32. The summed E-state index contributed by atoms with van der Waals surface area (Å²) in [4.78, 5) is 5.38. The highest BCUT2D eigenvalue weighted by Crippen LogP contribution is 2.40. The van der Waals surface area contributed by atoms with Crippen LogP contribution >= 0.6 is 15.9 Å². The zero-order valence-electron chi connectivity index (χ0n) is 9.87. The molecule has 0 amide bonds. The summed E-state index contributed by atoms with van der Waals surface area (Å²) in [6, 6.07) is 3.78. The number of nitrogen functional groups attached to an aromatic ring is 1. The lowest BCUT2D eigenvalue weighted by atomic mass is 10.0. The van der Waals surface area contributed by atoms with E-state index >= 15 is 0 Å². The Hall–Kier alpha value is -1.23. The topological polar surface area (TPSA) is 56.8 Å². The summed E-state index contributed by atoms with van der Waals surface area (Å²) in [5.74, 6) is 0.767. The molecule has 1 unspecified atom stereocenters. The van der Waals surface area contributed by atoms with E-state index in [-0.39, 0.29) is 6.10 Å². The quantitative estimate of drug-likeness (QED) is 0.871. The number of anilines is 1. The number of ether oxygens (including phenoxy) is 1. The molecule has 4 nitrogen and oxygen atoms in total. The Morgan fingerprint density at radius 1 is 1.59 bits per heavy atom. The second kappa shape index (κ2) is 4.96. The van der Waals surface area contributed by atoms with Crippen LogP contribution < -0.4 is 10.5 Å². The molecule has 0 spiro atoms. The van der Waals surface area contributed by atoms with E-state index < -0.39 is 0 Å². The van der Waals surface area contributed by atoms with Crippen LogP contribution in [0.15, 0.2) is 21.8 Å². The molecule has 2 N–H and O–H groups in total. The van der Waals surface area contributed by atoms with Gasteiger partial charge in [0.1, 0.15) is 5.75 Å². The lowest BCUT2D eigenvalue weighted by molar-refractivity contribution is 0.0837. The number of oxime groups is 1. The second-order valence-electron chi connectivity index (χ2n) is 3.93. The van der Waals surface area contributed by atoms with Crippen LogP contribution in [-0.4, -0.2) is 12.3 Å². The fourth-order valence-corrected chi connectivity index (χ4v) is 2.20. The maximum atomic E-state index is 6.08. The SMILES string of the molecule is CCOc1ccc(Br)c(N)c1C1CC(C)=NO1. The van der Waals surface area contributed by atoms with E-state index in [1.807, 2.05) is 26.0 Å². The number of halogens is 1. The van der Waals surface area contributed by atoms with Crippen molar-refractivity contribution in [1.82, 2.24) is 0 Å². The Bertz CT molecular complexity index is 460. The molecule has 5 heteroatoms. The monoisotopic (exact) mass is 298 g/mol. The average Bonchev–Trinajstić information content (AvgIpc) is 2.71. The van der Waals surface area contributed by atoms with Gasteiger partial charge in [-0.1, -0.05) is 5.16 Å². The molecule has 0 aliphatic carbocycles. The Balaban J connectivity index is 2.39. The van der Waals surface area contributed by atoms with Gasteiger partial charge in [-0.2, -0.15) is 0 Å². The molecule has 1 aromatic rings. The molecule has 0 saturated heterocycles. The van der Waals surface area contributed by atoms with Crippen LogP contribution in [0.4, 0.5) is 5.69 Å². The van der Waals surface area contributed by atoms with Crippen LogP contribution in [-0.2, 0) is 4.84 Å². The van der Waals surface area contributed by atoms with E-state index in [4.69, 9.17) is 15.3 Å². The number of hydrogen-bond donors (Lipinski definition) is 1. The maximum absolute atomic E-state index is 6.08. The van der Waals surface area contributed by atoms with Crippen molar-refractivity contribution in [3.05, 3.63) is 22.2 Å². The van der Waals surface area contributed by atoms with E-state index in [0.717, 1.165) is 27.9 Å². The summed E-state index contributed by atoms with van der Waals surface area (Å²) in [5.41, 5.74) is 8.59. The Labute approximate surface area is 109 Å². The van der Waals surface area contributed by atoms with Gasteiger partial charge in [0.25, 0.3) is 0 Å². The predicted molar refractivity (Wildman–Crippen MR) is 71.3 cm³/mol. The molecule has 1 aliphatic heterocycles. The Morgan fingerprint density at radius 2 is 2.35 bits per heavy atom. The number of benzene rings is 1. The van der Waals surface area contributed by atoms with Crippen molar-refractivity contribution in [2.45, 2.75) is 26.4 Å². The summed E-state index contributed by atoms with van der Waals surface area (Å²) < 4.78 is 6.44. The van der Waals surface area contributed by atoms with Crippen LogP contribution in [0.5, 0.6) is 5.75 Å². The van der Waals surface area contributed by atoms with Crippen molar-refractivity contribution in [3.63, 3.8) is 0 Å². The number of nitrogens with two attached hydrogens (primary N) is 1. The molecular weight excluding hydrogens is 284 g/mol. The van der Waals surface area contributed by atoms with Crippen molar-refractivity contribution < 1.29 is 9.57 Å². The zero-order valence-corrected chi connectivity index (χ0v) is 11.5. The van der Waals surface area contributed by atoms with Crippen LogP contribution in [0.2, 0.25) is 0 Å². The van der Waals surface area contributed by atoms with Crippen LogP contribution in [0, 0.1) is 0 Å². The summed E-state index contributed by atoms with van der Waals surface area (Å²) in [5, 5.41) is 3.96. The van der Waals surface area contributed by atoms with E-state index in [1.165, 1.54) is 0 Å². The van der Waals surface area contributed by atoms with Gasteiger partial charge in [0.15, 0.2) is 6.10 Å². The van der Waals surface area contributed by atoms with Crippen molar-refractivity contribution in [1.29, 1.82) is 0 Å². The maximum Gasteiger partial charge on any atom is 0.163 e. The summed E-state index contributed by atoms with van der Waals surface area (Å²) in [6.07, 6.45) is 0.606. The highest BCUT2D eigenvalue weighted by atomic mass is 79.9. The largest absolute Gasteiger partial charge is 0.493 e. The molecule has 1 aliphatic rings. The lowest BCUT2D eigenvalue weighted by Gasteiger charge is -2.17. The minimum atomic E-state index is -0.144. The molecule has 1 heterocycles. The van der Waals surface area contributed by atoms with Gasteiger partial charge in [-0.05, 0) is 41.9 Å². The van der Waals surface area contributed by atoms with Crippen LogP contribution in [0.3, 0.4) is 0 Å². The minimum Gasteiger partial charge on any atom is -0.493 e. The highest BCUT2D eigenvalue weighted by molar-refractivity contribution is 9.10. The highest BCUT2D eigenvalue weighted by Gasteiger charge is 2.27. The van der Waals surface area contributed by atoms with Gasteiger partial charge in [0.05, 0.1) is 23.6 Å². The van der Waals surface area contributed by atoms with Crippen LogP contribution in [0.25, 0.3) is 0 Å². The van der Waals surface area contributed by atoms with Gasteiger partial charge in [0.2, 0.25) is 0 Å². The first kappa shape index (κ1) is 12.2. The van der Waals surface area contributed by atoms with Crippen molar-refractivity contribution >= 4 is 27.3 Å². The van der Waals surface area contributed by atoms with E-state index in [0.29, 0.717) is 12.3 Å². The molecule has 0 saturated carbocycles. The molecule has 0 fully saturated rings. The van der Waals surface area contributed by atoms with Gasteiger partial charge >= 0.3 is 0 Å². The zero-order chi connectivity index (χ0) is 12.4. The van der Waals surface area contributed by atoms with Crippen molar-refractivity contribution in [3.8, 4) is 5.75 Å². The molecule has 0 bridgehead atoms. The summed E-state index contributed by atoms with van der Waals surface area (Å²) in [7, 11) is 0. The van der Waals surface area contributed by atoms with Crippen LogP contribution in [0.1, 0.15) is 31.9 Å². The van der Waals surface area contributed by atoms with Crippen molar-refractivity contribution in [2.24, 2.45) is 5.16 Å². The predicted octanol–water partition coefficient (Wildman–Crippen LogP) is 3.27. The smallest absolute Gasteiger partial charge is 0.163 e. The Morgan fingerprint density at radius 3 is 2.94 bits per heavy atom. The normalized spacial score (nSPS) is 18.8. The molecule has 1 atom stereocenters. The van der Waals surface area contributed by atoms with E-state index in [1.54, 1.807) is 0 Å². The van der Waals surface area contributed by atoms with Crippen molar-refractivity contribution in [2.75, 3.05) is 12.3 Å². The molecule has 0 aromatic heterocycles. The molecule has 92 valence electrons. The van der Waals surface area contributed by atoms with Gasteiger partial charge in [-0.15, -0.1) is 0 Å². The molecule has 2 rings (SSSR count). The van der Waals surface area contributed by atoms with E-state index in [2.05, 4.69) is 21.1 Å². The first-order valence-electron chi connectivity index (χ1n) is 5.53. The fourth-order valence-electron chi connectivity index (χ4n) is 1.85. The minimum absolute atomic E-state index is 0.144. The standard InChI is InChI=1S/C12H15BrN2O2/c1-3-16-9-5-4-8(13)12(14)11(9)10-6-7(2)15-17-10/h4-5,10H,3,6,14H2,1-2H3. The van der Waals surface area contributed by atoms with Gasteiger partial charge in [-0.25, -0.2) is 0 Å². The second-order valence-corrected chi connectivity index (χ2v) is 4.78. The van der Waals surface area contributed by atoms with E-state index in [9.17, 15) is 0 Å². The molecular formula is C12H15BrN2O2. The van der Waals surface area contributed by atoms with Gasteiger partial charge < -0.3 is 15.3 Å². The lowest BCUT2D eigenvalue weighted by Crippen LogP contribution is -2.07. The average molecular weight is 299 g/mol. The van der Waals surface area contributed by atoms with Gasteiger partial charge in [0, 0.05) is 10.9 Å². The summed E-state index contributed by atoms with van der Waals surface area (Å²) >= 11 is 3.42. The number of nitrogens with zero attached hydrogens (tertiary/aromatic N) is 1. The van der Waals surface area contributed by atoms with Gasteiger partial charge in [-0.3, -0.25) is 0 Å². The fraction of sp³-hybridized carbons (Fsp3) is 0.417. The Kier molecular flexibility index (Phi) is 3.57. The third kappa shape index (κ3) is 2.39. The summed E-state index contributed by atoms with van der Waals surface area (Å²) in [6.45, 7) is 4.48. The first-order valence-corrected chi connectivity index (χ1v) is 6.32. The number of rotatable bonds is 3. The molecule has 0 radical (unpaired) electrons. The molecule has 17 heavy (non-hydrogen) atoms. The first-order chi connectivity index (χ1) is 8.13. The number of hydrogen-bond acceptors (Lipinski definition) is 4. The molecule has 1 aromatic carbocycles. The third-order valence-electron chi connectivity index (χ3n) is 2.63.